The molecule has 5 nitrogen and oxygen atoms in total. The van der Waals surface area contributed by atoms with Gasteiger partial charge in [0.25, 0.3) is 0 Å². The predicted octanol–water partition coefficient (Wildman–Crippen LogP) is 2.64. The Kier molecular flexibility index (Phi) is 4.78. The number of anilines is 1. The second-order valence-electron chi connectivity index (χ2n) is 4.58. The Morgan fingerprint density at radius 1 is 1.32 bits per heavy atom. The highest BCUT2D eigenvalue weighted by atomic mass is 16.5. The summed E-state index contributed by atoms with van der Waals surface area (Å²) < 4.78 is 5.70. The molecule has 0 radical (unpaired) electrons. The Morgan fingerprint density at radius 3 is 2.95 bits per heavy atom. The van der Waals surface area contributed by atoms with Crippen molar-refractivity contribution in [3.63, 3.8) is 0 Å². The van der Waals surface area contributed by atoms with Gasteiger partial charge in [0, 0.05) is 31.6 Å². The van der Waals surface area contributed by atoms with Gasteiger partial charge in [-0.25, -0.2) is 9.97 Å². The lowest BCUT2D eigenvalue weighted by molar-refractivity contribution is 0.243. The average Bonchev–Trinajstić information content (AvgIpc) is 2.89. The van der Waals surface area contributed by atoms with Crippen LogP contribution in [0.15, 0.2) is 30.7 Å². The van der Waals surface area contributed by atoms with Gasteiger partial charge in [-0.15, -0.1) is 0 Å². The van der Waals surface area contributed by atoms with E-state index in [1.165, 1.54) is 0 Å². The fourth-order valence-corrected chi connectivity index (χ4v) is 1.77. The highest BCUT2D eigenvalue weighted by molar-refractivity contribution is 5.49. The Balaban J connectivity index is 1.82. The second kappa shape index (κ2) is 6.78. The van der Waals surface area contributed by atoms with Gasteiger partial charge in [-0.1, -0.05) is 0 Å². The van der Waals surface area contributed by atoms with Crippen molar-refractivity contribution in [2.45, 2.75) is 32.8 Å². The van der Waals surface area contributed by atoms with Crippen molar-refractivity contribution in [3.8, 4) is 5.75 Å². The van der Waals surface area contributed by atoms with Crippen LogP contribution in [0.25, 0.3) is 0 Å². The fourth-order valence-electron chi connectivity index (χ4n) is 1.77. The molecule has 0 bridgehead atoms. The van der Waals surface area contributed by atoms with Crippen molar-refractivity contribution < 1.29 is 4.74 Å². The minimum atomic E-state index is 0.146. The lowest BCUT2D eigenvalue weighted by Gasteiger charge is -2.14. The Labute approximate surface area is 113 Å². The van der Waals surface area contributed by atoms with Crippen molar-refractivity contribution in [3.05, 3.63) is 36.5 Å². The van der Waals surface area contributed by atoms with Gasteiger partial charge in [-0.05, 0) is 32.4 Å². The van der Waals surface area contributed by atoms with E-state index in [9.17, 15) is 0 Å². The summed E-state index contributed by atoms with van der Waals surface area (Å²) in [6.07, 6.45) is 7.44. The van der Waals surface area contributed by atoms with E-state index in [0.29, 0.717) is 0 Å². The van der Waals surface area contributed by atoms with Gasteiger partial charge in [0.1, 0.15) is 5.82 Å². The smallest absolute Gasteiger partial charge is 0.168 e. The number of nitrogens with zero attached hydrogens (tertiary/aromatic N) is 2. The SMILES string of the molecule is CC(C)Oc1cccnc1NCCCc1ncc[nH]1. The van der Waals surface area contributed by atoms with E-state index in [4.69, 9.17) is 4.74 Å². The average molecular weight is 260 g/mol. The first-order valence-electron chi connectivity index (χ1n) is 6.59. The van der Waals surface area contributed by atoms with Crippen LogP contribution in [0.5, 0.6) is 5.75 Å². The molecule has 102 valence electrons. The fraction of sp³-hybridized carbons (Fsp3) is 0.429. The van der Waals surface area contributed by atoms with Crippen LogP contribution in [0.4, 0.5) is 5.82 Å². The standard InChI is InChI=1S/C14H20N4O/c1-11(2)19-12-5-3-7-17-14(12)18-8-4-6-13-15-9-10-16-13/h3,5,7,9-11H,4,6,8H2,1-2H3,(H,15,16)(H,17,18). The van der Waals surface area contributed by atoms with E-state index in [-0.39, 0.29) is 6.10 Å². The molecular formula is C14H20N4O. The van der Waals surface area contributed by atoms with Gasteiger partial charge in [-0.3, -0.25) is 0 Å². The number of ether oxygens (including phenoxy) is 1. The third kappa shape index (κ3) is 4.28. The molecule has 0 unspecified atom stereocenters. The van der Waals surface area contributed by atoms with Crippen LogP contribution in [0, 0.1) is 0 Å². The van der Waals surface area contributed by atoms with Gasteiger partial charge < -0.3 is 15.0 Å². The van der Waals surface area contributed by atoms with Gasteiger partial charge in [0.2, 0.25) is 0 Å². The maximum Gasteiger partial charge on any atom is 0.168 e. The summed E-state index contributed by atoms with van der Waals surface area (Å²) >= 11 is 0. The maximum atomic E-state index is 5.70. The number of nitrogens with one attached hydrogen (secondary N) is 2. The number of hydrogen-bond acceptors (Lipinski definition) is 4. The molecule has 0 saturated heterocycles. The molecule has 0 aliphatic rings. The monoisotopic (exact) mass is 260 g/mol. The van der Waals surface area contributed by atoms with Crippen molar-refractivity contribution in [1.82, 2.24) is 15.0 Å². The van der Waals surface area contributed by atoms with Crippen LogP contribution in [0.3, 0.4) is 0 Å². The molecular weight excluding hydrogens is 240 g/mol. The number of imidazole rings is 1. The van der Waals surface area contributed by atoms with Crippen LogP contribution >= 0.6 is 0 Å². The van der Waals surface area contributed by atoms with Crippen molar-refractivity contribution in [1.29, 1.82) is 0 Å². The topological polar surface area (TPSA) is 62.8 Å². The Hall–Kier alpha value is -2.04. The zero-order valence-electron chi connectivity index (χ0n) is 11.4. The lowest BCUT2D eigenvalue weighted by Crippen LogP contribution is -2.11. The van der Waals surface area contributed by atoms with Crippen LogP contribution in [0.2, 0.25) is 0 Å². The molecule has 0 fully saturated rings. The summed E-state index contributed by atoms with van der Waals surface area (Å²) in [7, 11) is 0. The molecule has 0 atom stereocenters. The quantitative estimate of drug-likeness (QED) is 0.751. The van der Waals surface area contributed by atoms with Crippen LogP contribution < -0.4 is 10.1 Å². The number of H-pyrrole nitrogens is 1. The van der Waals surface area contributed by atoms with Crippen molar-refractivity contribution in [2.75, 3.05) is 11.9 Å². The first-order valence-corrected chi connectivity index (χ1v) is 6.59. The van der Waals surface area contributed by atoms with Crippen LogP contribution in [-0.4, -0.2) is 27.6 Å². The minimum Gasteiger partial charge on any atom is -0.487 e. The predicted molar refractivity (Wildman–Crippen MR) is 75.4 cm³/mol. The molecule has 2 aromatic rings. The molecule has 0 aliphatic heterocycles. The Bertz CT molecular complexity index is 482. The second-order valence-corrected chi connectivity index (χ2v) is 4.58. The van der Waals surface area contributed by atoms with Gasteiger partial charge in [0.15, 0.2) is 11.6 Å². The van der Waals surface area contributed by atoms with E-state index in [2.05, 4.69) is 20.3 Å². The normalized spacial score (nSPS) is 10.7. The van der Waals surface area contributed by atoms with Crippen molar-refractivity contribution in [2.24, 2.45) is 0 Å². The summed E-state index contributed by atoms with van der Waals surface area (Å²) in [6.45, 7) is 4.85. The van der Waals surface area contributed by atoms with E-state index in [0.717, 1.165) is 36.8 Å². The number of rotatable bonds is 7. The third-order valence-corrected chi connectivity index (χ3v) is 2.57. The van der Waals surface area contributed by atoms with E-state index in [1.807, 2.05) is 32.2 Å². The van der Waals surface area contributed by atoms with Crippen LogP contribution in [0.1, 0.15) is 26.1 Å². The number of hydrogen-bond donors (Lipinski definition) is 2. The highest BCUT2D eigenvalue weighted by Crippen LogP contribution is 2.21. The van der Waals surface area contributed by atoms with Gasteiger partial charge in [0.05, 0.1) is 6.10 Å². The van der Waals surface area contributed by atoms with Crippen LogP contribution in [-0.2, 0) is 6.42 Å². The highest BCUT2D eigenvalue weighted by Gasteiger charge is 2.05. The third-order valence-electron chi connectivity index (χ3n) is 2.57. The summed E-state index contributed by atoms with van der Waals surface area (Å²) in [4.78, 5) is 11.6. The van der Waals surface area contributed by atoms with Gasteiger partial charge in [-0.2, -0.15) is 0 Å². The summed E-state index contributed by atoms with van der Waals surface area (Å²) in [6, 6.07) is 3.81. The molecule has 0 aromatic carbocycles. The minimum absolute atomic E-state index is 0.146. The summed E-state index contributed by atoms with van der Waals surface area (Å²) in [5.41, 5.74) is 0. The first-order chi connectivity index (χ1) is 9.25. The lowest BCUT2D eigenvalue weighted by atomic mass is 10.3. The molecule has 0 spiro atoms. The summed E-state index contributed by atoms with van der Waals surface area (Å²) in [5, 5.41) is 3.30. The van der Waals surface area contributed by atoms with E-state index < -0.39 is 0 Å². The Morgan fingerprint density at radius 2 is 2.21 bits per heavy atom. The zero-order chi connectivity index (χ0) is 13.5. The molecule has 2 N–H and O–H groups in total. The number of aromatic nitrogens is 3. The molecule has 19 heavy (non-hydrogen) atoms. The molecule has 0 amide bonds. The van der Waals surface area contributed by atoms with E-state index in [1.54, 1.807) is 12.4 Å². The van der Waals surface area contributed by atoms with Gasteiger partial charge >= 0.3 is 0 Å². The molecule has 0 saturated carbocycles. The first kappa shape index (κ1) is 13.4. The number of aryl methyl sites for hydroxylation is 1. The molecule has 5 heteroatoms. The van der Waals surface area contributed by atoms with Crippen molar-refractivity contribution >= 4 is 5.82 Å². The summed E-state index contributed by atoms with van der Waals surface area (Å²) in [5.74, 6) is 2.62. The largest absolute Gasteiger partial charge is 0.487 e. The van der Waals surface area contributed by atoms with E-state index >= 15 is 0 Å². The molecule has 2 aromatic heterocycles. The molecule has 2 rings (SSSR count). The number of pyridine rings is 1. The molecule has 0 aliphatic carbocycles. The molecule has 2 heterocycles. The number of aromatic amines is 1. The zero-order valence-corrected chi connectivity index (χ0v) is 11.4. The maximum absolute atomic E-state index is 5.70.